The average molecular weight is 396 g/mol. The maximum atomic E-state index is 12.6. The molecule has 0 saturated carbocycles. The first kappa shape index (κ1) is 21.3. The number of anilines is 1. The largest absolute Gasteiger partial charge is 0.373 e. The van der Waals surface area contributed by atoms with Crippen molar-refractivity contribution < 1.29 is 9.53 Å². The van der Waals surface area contributed by atoms with E-state index in [9.17, 15) is 4.79 Å². The predicted octanol–water partition coefficient (Wildman–Crippen LogP) is 3.44. The maximum Gasteiger partial charge on any atom is 0.239 e. The smallest absolute Gasteiger partial charge is 0.239 e. The molecule has 1 aliphatic heterocycles. The zero-order valence-electron chi connectivity index (χ0n) is 17.8. The molecule has 29 heavy (non-hydrogen) atoms. The highest BCUT2D eigenvalue weighted by Crippen LogP contribution is 2.17. The van der Waals surface area contributed by atoms with E-state index >= 15 is 0 Å². The molecule has 1 aliphatic rings. The zero-order valence-corrected chi connectivity index (χ0v) is 17.8. The number of hydrogen-bond acceptors (Lipinski definition) is 4. The molecule has 2 atom stereocenters. The molecule has 5 heteroatoms. The molecule has 0 radical (unpaired) electrons. The number of rotatable bonds is 8. The number of carbonyl (C=O) groups excluding carboxylic acids is 1. The molecule has 3 rings (SSSR count). The van der Waals surface area contributed by atoms with E-state index in [4.69, 9.17) is 4.74 Å². The van der Waals surface area contributed by atoms with Gasteiger partial charge in [0.05, 0.1) is 18.8 Å². The Balaban J connectivity index is 1.57. The number of nitrogens with one attached hydrogen (secondary N) is 1. The quantitative estimate of drug-likeness (QED) is 0.744. The molecular formula is C24H33N3O2. The second-order valence-corrected chi connectivity index (χ2v) is 7.85. The number of morpholine rings is 1. The molecule has 1 amide bonds. The van der Waals surface area contributed by atoms with Crippen LogP contribution >= 0.6 is 0 Å². The van der Waals surface area contributed by atoms with Gasteiger partial charge in [-0.15, -0.1) is 0 Å². The summed E-state index contributed by atoms with van der Waals surface area (Å²) in [7, 11) is 0. The highest BCUT2D eigenvalue weighted by molar-refractivity contribution is 5.81. The van der Waals surface area contributed by atoms with Gasteiger partial charge >= 0.3 is 0 Å². The minimum absolute atomic E-state index is 0.0409. The minimum Gasteiger partial charge on any atom is -0.373 e. The standard InChI is InChI=1S/C24H33N3O2/c1-4-27(23-12-6-5-7-13-23)18-24(28)25-14-21-10-8-9-11-22(21)17-26-15-19(2)29-20(3)16-26/h5-13,19-20H,4,14-18H2,1-3H3,(H,25,28). The molecule has 1 N–H and O–H groups in total. The topological polar surface area (TPSA) is 44.8 Å². The van der Waals surface area contributed by atoms with Crippen molar-refractivity contribution in [2.24, 2.45) is 0 Å². The summed E-state index contributed by atoms with van der Waals surface area (Å²) in [6, 6.07) is 18.4. The van der Waals surface area contributed by atoms with E-state index < -0.39 is 0 Å². The summed E-state index contributed by atoms with van der Waals surface area (Å²) in [4.78, 5) is 17.1. The molecule has 0 spiro atoms. The Kier molecular flexibility index (Phi) is 7.67. The van der Waals surface area contributed by atoms with Gasteiger partial charge in [0.1, 0.15) is 0 Å². The minimum atomic E-state index is 0.0409. The Morgan fingerprint density at radius 3 is 2.31 bits per heavy atom. The van der Waals surface area contributed by atoms with Gasteiger partial charge < -0.3 is 15.0 Å². The average Bonchev–Trinajstić information content (AvgIpc) is 2.71. The summed E-state index contributed by atoms with van der Waals surface area (Å²) in [6.45, 7) is 10.8. The van der Waals surface area contributed by atoms with Crippen LogP contribution < -0.4 is 10.2 Å². The van der Waals surface area contributed by atoms with Crippen LogP contribution in [0.25, 0.3) is 0 Å². The van der Waals surface area contributed by atoms with Crippen LogP contribution in [0.3, 0.4) is 0 Å². The number of carbonyl (C=O) groups is 1. The summed E-state index contributed by atoms with van der Waals surface area (Å²) in [5.41, 5.74) is 3.51. The van der Waals surface area contributed by atoms with Gasteiger partial charge in [-0.05, 0) is 44.0 Å². The van der Waals surface area contributed by atoms with E-state index in [1.54, 1.807) is 0 Å². The van der Waals surface area contributed by atoms with Crippen LogP contribution in [0.5, 0.6) is 0 Å². The first-order chi connectivity index (χ1) is 14.0. The predicted molar refractivity (Wildman–Crippen MR) is 118 cm³/mol. The third-order valence-electron chi connectivity index (χ3n) is 5.32. The van der Waals surface area contributed by atoms with Crippen molar-refractivity contribution in [1.82, 2.24) is 10.2 Å². The molecule has 2 aromatic rings. The molecule has 1 saturated heterocycles. The highest BCUT2D eigenvalue weighted by atomic mass is 16.5. The molecule has 0 aliphatic carbocycles. The number of benzene rings is 2. The van der Waals surface area contributed by atoms with Gasteiger partial charge in [0, 0.05) is 38.4 Å². The lowest BCUT2D eigenvalue weighted by molar-refractivity contribution is -0.119. The number of ether oxygens (including phenoxy) is 1. The van der Waals surface area contributed by atoms with Crippen molar-refractivity contribution in [1.29, 1.82) is 0 Å². The van der Waals surface area contributed by atoms with Crippen molar-refractivity contribution in [2.45, 2.75) is 46.1 Å². The van der Waals surface area contributed by atoms with E-state index in [1.165, 1.54) is 11.1 Å². The SMILES string of the molecule is CCN(CC(=O)NCc1ccccc1CN1CC(C)OC(C)C1)c1ccccc1. The van der Waals surface area contributed by atoms with Crippen LogP contribution in [0, 0.1) is 0 Å². The lowest BCUT2D eigenvalue weighted by Gasteiger charge is -2.35. The molecule has 2 aromatic carbocycles. The summed E-state index contributed by atoms with van der Waals surface area (Å²) in [6.07, 6.45) is 0.507. The van der Waals surface area contributed by atoms with Gasteiger partial charge in [0.15, 0.2) is 0 Å². The Morgan fingerprint density at radius 1 is 1.03 bits per heavy atom. The molecule has 5 nitrogen and oxygen atoms in total. The Morgan fingerprint density at radius 2 is 1.66 bits per heavy atom. The molecule has 0 bridgehead atoms. The van der Waals surface area contributed by atoms with Crippen molar-refractivity contribution in [2.75, 3.05) is 31.1 Å². The van der Waals surface area contributed by atoms with Crippen molar-refractivity contribution in [3.63, 3.8) is 0 Å². The third kappa shape index (κ3) is 6.31. The number of likely N-dealkylation sites (N-methyl/N-ethyl adjacent to an activating group) is 1. The highest BCUT2D eigenvalue weighted by Gasteiger charge is 2.22. The van der Waals surface area contributed by atoms with Gasteiger partial charge in [-0.25, -0.2) is 0 Å². The van der Waals surface area contributed by atoms with Crippen LogP contribution in [0.2, 0.25) is 0 Å². The van der Waals surface area contributed by atoms with E-state index in [0.717, 1.165) is 31.9 Å². The molecular weight excluding hydrogens is 362 g/mol. The fourth-order valence-electron chi connectivity index (χ4n) is 3.99. The Hall–Kier alpha value is -2.37. The molecule has 156 valence electrons. The van der Waals surface area contributed by atoms with E-state index in [1.807, 2.05) is 36.4 Å². The Bertz CT molecular complexity index is 771. The van der Waals surface area contributed by atoms with Crippen molar-refractivity contribution in [3.8, 4) is 0 Å². The molecule has 0 aromatic heterocycles. The van der Waals surface area contributed by atoms with Gasteiger partial charge in [0.25, 0.3) is 0 Å². The van der Waals surface area contributed by atoms with Crippen LogP contribution in [0.4, 0.5) is 5.69 Å². The lowest BCUT2D eigenvalue weighted by Crippen LogP contribution is -2.45. The van der Waals surface area contributed by atoms with Gasteiger partial charge in [-0.1, -0.05) is 42.5 Å². The van der Waals surface area contributed by atoms with Crippen molar-refractivity contribution >= 4 is 11.6 Å². The molecule has 1 heterocycles. The normalized spacial score (nSPS) is 19.7. The fourth-order valence-corrected chi connectivity index (χ4v) is 3.99. The second-order valence-electron chi connectivity index (χ2n) is 7.85. The summed E-state index contributed by atoms with van der Waals surface area (Å²) in [5, 5.41) is 3.10. The van der Waals surface area contributed by atoms with Gasteiger partial charge in [-0.3, -0.25) is 9.69 Å². The first-order valence-electron chi connectivity index (χ1n) is 10.6. The van der Waals surface area contributed by atoms with Crippen LogP contribution in [-0.2, 0) is 22.6 Å². The number of amides is 1. The fraction of sp³-hybridized carbons (Fsp3) is 0.458. The number of hydrogen-bond donors (Lipinski definition) is 1. The van der Waals surface area contributed by atoms with Crippen LogP contribution in [0.1, 0.15) is 31.9 Å². The van der Waals surface area contributed by atoms with E-state index in [2.05, 4.69) is 54.1 Å². The summed E-state index contributed by atoms with van der Waals surface area (Å²) in [5.74, 6) is 0.0409. The summed E-state index contributed by atoms with van der Waals surface area (Å²) >= 11 is 0. The van der Waals surface area contributed by atoms with Gasteiger partial charge in [0.2, 0.25) is 5.91 Å². The maximum absolute atomic E-state index is 12.6. The number of nitrogens with zero attached hydrogens (tertiary/aromatic N) is 2. The molecule has 2 unspecified atom stereocenters. The second kappa shape index (κ2) is 10.4. The lowest BCUT2D eigenvalue weighted by atomic mass is 10.1. The first-order valence-corrected chi connectivity index (χ1v) is 10.6. The van der Waals surface area contributed by atoms with E-state index in [0.29, 0.717) is 13.1 Å². The van der Waals surface area contributed by atoms with Crippen LogP contribution in [-0.4, -0.2) is 49.2 Å². The summed E-state index contributed by atoms with van der Waals surface area (Å²) < 4.78 is 5.84. The zero-order chi connectivity index (χ0) is 20.6. The van der Waals surface area contributed by atoms with Crippen molar-refractivity contribution in [3.05, 3.63) is 65.7 Å². The molecule has 1 fully saturated rings. The van der Waals surface area contributed by atoms with Crippen LogP contribution in [0.15, 0.2) is 54.6 Å². The monoisotopic (exact) mass is 395 g/mol. The third-order valence-corrected chi connectivity index (χ3v) is 5.32. The van der Waals surface area contributed by atoms with E-state index in [-0.39, 0.29) is 18.1 Å². The Labute approximate surface area is 174 Å². The number of para-hydroxylation sites is 1. The van der Waals surface area contributed by atoms with Gasteiger partial charge in [-0.2, -0.15) is 0 Å².